The molecule has 0 bridgehead atoms. The number of aryl methyl sites for hydroxylation is 1. The number of rotatable bonds is 3. The molecule has 6 heteroatoms. The van der Waals surface area contributed by atoms with E-state index in [4.69, 9.17) is 0 Å². The molecule has 2 fully saturated rings. The first-order chi connectivity index (χ1) is 13.5. The molecule has 1 unspecified atom stereocenters. The lowest BCUT2D eigenvalue weighted by molar-refractivity contribution is -0.141. The highest BCUT2D eigenvalue weighted by Crippen LogP contribution is 2.43. The van der Waals surface area contributed by atoms with Gasteiger partial charge in [-0.05, 0) is 49.1 Å². The van der Waals surface area contributed by atoms with Gasteiger partial charge < -0.3 is 10.0 Å². The fraction of sp³-hybridized carbons (Fsp3) is 0.318. The quantitative estimate of drug-likeness (QED) is 0.432. The molecule has 1 aromatic heterocycles. The average molecular weight is 441 g/mol. The van der Waals surface area contributed by atoms with Crippen molar-refractivity contribution in [1.29, 1.82) is 0 Å². The molecule has 5 nitrogen and oxygen atoms in total. The van der Waals surface area contributed by atoms with Gasteiger partial charge in [-0.1, -0.05) is 40.9 Å². The van der Waals surface area contributed by atoms with E-state index in [1.807, 2.05) is 25.1 Å². The number of benzene rings is 1. The van der Waals surface area contributed by atoms with Gasteiger partial charge in [-0.15, -0.1) is 0 Å². The SMILES string of the molecule is Cc1cc(/C(O)=C2/C(=O)C(=O)N(C3CCCC3)C2c2cccnc2)ccc1Br. The van der Waals surface area contributed by atoms with Crippen molar-refractivity contribution in [2.45, 2.75) is 44.7 Å². The van der Waals surface area contributed by atoms with Gasteiger partial charge in [0.15, 0.2) is 0 Å². The molecule has 28 heavy (non-hydrogen) atoms. The molecule has 144 valence electrons. The summed E-state index contributed by atoms with van der Waals surface area (Å²) in [5.74, 6) is -1.29. The minimum Gasteiger partial charge on any atom is -0.507 e. The summed E-state index contributed by atoms with van der Waals surface area (Å²) in [6, 6.07) is 8.42. The molecule has 1 atom stereocenters. The number of likely N-dealkylation sites (tertiary alicyclic amines) is 1. The Morgan fingerprint density at radius 1 is 1.21 bits per heavy atom. The van der Waals surface area contributed by atoms with Crippen LogP contribution in [-0.2, 0) is 9.59 Å². The zero-order chi connectivity index (χ0) is 19.8. The summed E-state index contributed by atoms with van der Waals surface area (Å²) in [4.78, 5) is 31.8. The fourth-order valence-electron chi connectivity index (χ4n) is 4.22. The molecule has 2 aromatic rings. The predicted octanol–water partition coefficient (Wildman–Crippen LogP) is 4.52. The minimum atomic E-state index is -0.626. The van der Waals surface area contributed by atoms with Crippen LogP contribution in [0.15, 0.2) is 52.8 Å². The topological polar surface area (TPSA) is 70.5 Å². The molecule has 2 aliphatic rings. The molecule has 2 heterocycles. The molecule has 1 saturated carbocycles. The summed E-state index contributed by atoms with van der Waals surface area (Å²) in [6.07, 6.45) is 7.16. The molecule has 1 amide bonds. The lowest BCUT2D eigenvalue weighted by Crippen LogP contribution is -2.37. The third kappa shape index (κ3) is 3.15. The standard InChI is InChI=1S/C22H21BrN2O3/c1-13-11-14(8-9-17(13)23)20(26)18-19(15-5-4-10-24-12-15)25(22(28)21(18)27)16-6-2-3-7-16/h4-5,8-12,16,19,26H,2-3,6-7H2,1H3/b20-18-. The van der Waals surface area contributed by atoms with Crippen LogP contribution in [-0.4, -0.2) is 32.7 Å². The molecule has 1 aliphatic heterocycles. The van der Waals surface area contributed by atoms with Crippen molar-refractivity contribution in [1.82, 2.24) is 9.88 Å². The molecule has 1 saturated heterocycles. The largest absolute Gasteiger partial charge is 0.507 e. The Hall–Kier alpha value is -2.47. The Kier molecular flexibility index (Phi) is 5.06. The first-order valence-corrected chi connectivity index (χ1v) is 10.2. The summed E-state index contributed by atoms with van der Waals surface area (Å²) in [6.45, 7) is 1.91. The van der Waals surface area contributed by atoms with E-state index in [0.29, 0.717) is 5.56 Å². The van der Waals surface area contributed by atoms with Gasteiger partial charge in [0.25, 0.3) is 11.7 Å². The van der Waals surface area contributed by atoms with E-state index in [1.165, 1.54) is 0 Å². The molecule has 1 N–H and O–H groups in total. The number of hydrogen-bond acceptors (Lipinski definition) is 4. The van der Waals surface area contributed by atoms with E-state index in [2.05, 4.69) is 20.9 Å². The Bertz CT molecular complexity index is 965. The summed E-state index contributed by atoms with van der Waals surface area (Å²) in [7, 11) is 0. The van der Waals surface area contributed by atoms with Crippen molar-refractivity contribution in [3.63, 3.8) is 0 Å². The highest BCUT2D eigenvalue weighted by molar-refractivity contribution is 9.10. The summed E-state index contributed by atoms with van der Waals surface area (Å²) in [5.41, 5.74) is 2.35. The molecule has 0 radical (unpaired) electrons. The van der Waals surface area contributed by atoms with Crippen LogP contribution in [0.25, 0.3) is 5.76 Å². The van der Waals surface area contributed by atoms with Crippen molar-refractivity contribution in [3.05, 3.63) is 69.5 Å². The molecular formula is C22H21BrN2O3. The Morgan fingerprint density at radius 3 is 2.61 bits per heavy atom. The van der Waals surface area contributed by atoms with Gasteiger partial charge >= 0.3 is 0 Å². The van der Waals surface area contributed by atoms with Crippen LogP contribution in [0.4, 0.5) is 0 Å². The van der Waals surface area contributed by atoms with Gasteiger partial charge in [0.2, 0.25) is 0 Å². The third-order valence-electron chi connectivity index (χ3n) is 5.63. The van der Waals surface area contributed by atoms with E-state index >= 15 is 0 Å². The molecule has 1 aromatic carbocycles. The van der Waals surface area contributed by atoms with Crippen molar-refractivity contribution < 1.29 is 14.7 Å². The number of nitrogens with zero attached hydrogens (tertiary/aromatic N) is 2. The number of halogens is 1. The van der Waals surface area contributed by atoms with Crippen LogP contribution in [0.5, 0.6) is 0 Å². The first-order valence-electron chi connectivity index (χ1n) is 9.45. The molecule has 4 rings (SSSR count). The van der Waals surface area contributed by atoms with E-state index < -0.39 is 17.7 Å². The summed E-state index contributed by atoms with van der Waals surface area (Å²) < 4.78 is 0.916. The van der Waals surface area contributed by atoms with Crippen molar-refractivity contribution >= 4 is 33.4 Å². The number of Topliss-reactive ketones (excluding diaryl/α,β-unsaturated/α-hetero) is 1. The second kappa shape index (κ2) is 7.51. The second-order valence-corrected chi connectivity index (χ2v) is 8.25. The molecular weight excluding hydrogens is 420 g/mol. The summed E-state index contributed by atoms with van der Waals surface area (Å²) >= 11 is 3.45. The zero-order valence-corrected chi connectivity index (χ0v) is 17.1. The van der Waals surface area contributed by atoms with Gasteiger partial charge in [-0.2, -0.15) is 0 Å². The minimum absolute atomic E-state index is 0.0126. The maximum Gasteiger partial charge on any atom is 0.295 e. The predicted molar refractivity (Wildman–Crippen MR) is 110 cm³/mol. The number of aliphatic hydroxyl groups is 1. The maximum absolute atomic E-state index is 13.0. The van der Waals surface area contributed by atoms with E-state index in [-0.39, 0.29) is 17.4 Å². The van der Waals surface area contributed by atoms with Gasteiger partial charge in [-0.3, -0.25) is 14.6 Å². The molecule has 0 spiro atoms. The smallest absolute Gasteiger partial charge is 0.295 e. The fourth-order valence-corrected chi connectivity index (χ4v) is 4.47. The molecule has 1 aliphatic carbocycles. The number of carbonyl (C=O) groups is 2. The van der Waals surface area contributed by atoms with Crippen LogP contribution in [0.2, 0.25) is 0 Å². The van der Waals surface area contributed by atoms with Crippen LogP contribution in [0.1, 0.15) is 48.4 Å². The Morgan fingerprint density at radius 2 is 1.96 bits per heavy atom. The van der Waals surface area contributed by atoms with Gasteiger partial charge in [0.1, 0.15) is 5.76 Å². The van der Waals surface area contributed by atoms with Crippen molar-refractivity contribution in [2.24, 2.45) is 0 Å². The van der Waals surface area contributed by atoms with E-state index in [1.54, 1.807) is 29.4 Å². The monoisotopic (exact) mass is 440 g/mol. The Labute approximate surface area is 172 Å². The van der Waals surface area contributed by atoms with Crippen molar-refractivity contribution in [3.8, 4) is 0 Å². The van der Waals surface area contributed by atoms with Crippen molar-refractivity contribution in [2.75, 3.05) is 0 Å². The zero-order valence-electron chi connectivity index (χ0n) is 15.6. The van der Waals surface area contributed by atoms with Crippen LogP contribution in [0, 0.1) is 6.92 Å². The van der Waals surface area contributed by atoms with Crippen LogP contribution < -0.4 is 0 Å². The Balaban J connectivity index is 1.89. The lowest BCUT2D eigenvalue weighted by atomic mass is 9.95. The number of ketones is 1. The number of pyridine rings is 1. The normalized spacial score (nSPS) is 22.2. The van der Waals surface area contributed by atoms with E-state index in [9.17, 15) is 14.7 Å². The van der Waals surface area contributed by atoms with Gasteiger partial charge in [-0.25, -0.2) is 0 Å². The number of aliphatic hydroxyl groups excluding tert-OH is 1. The van der Waals surface area contributed by atoms with Gasteiger partial charge in [0.05, 0.1) is 11.6 Å². The maximum atomic E-state index is 13.0. The van der Waals surface area contributed by atoms with Gasteiger partial charge in [0, 0.05) is 28.5 Å². The average Bonchev–Trinajstić information content (AvgIpc) is 3.31. The van der Waals surface area contributed by atoms with Crippen LogP contribution >= 0.6 is 15.9 Å². The second-order valence-electron chi connectivity index (χ2n) is 7.39. The number of carbonyl (C=O) groups excluding carboxylic acids is 2. The highest BCUT2D eigenvalue weighted by atomic mass is 79.9. The third-order valence-corrected chi connectivity index (χ3v) is 6.52. The van der Waals surface area contributed by atoms with Crippen LogP contribution in [0.3, 0.4) is 0 Å². The lowest BCUT2D eigenvalue weighted by Gasteiger charge is -2.30. The number of aromatic nitrogens is 1. The summed E-state index contributed by atoms with van der Waals surface area (Å²) in [5, 5.41) is 11.1. The number of amides is 1. The highest BCUT2D eigenvalue weighted by Gasteiger charge is 2.49. The number of hydrogen-bond donors (Lipinski definition) is 1. The van der Waals surface area contributed by atoms with E-state index in [0.717, 1.165) is 41.3 Å². The first kappa shape index (κ1) is 18.9.